The summed E-state index contributed by atoms with van der Waals surface area (Å²) in [5.41, 5.74) is 7.21. The predicted octanol–water partition coefficient (Wildman–Crippen LogP) is 2.98. The van der Waals surface area contributed by atoms with Gasteiger partial charge >= 0.3 is 6.36 Å². The maximum Gasteiger partial charge on any atom is 0.573 e. The number of hydrazone groups is 1. The van der Waals surface area contributed by atoms with Crippen LogP contribution >= 0.6 is 11.3 Å². The molecule has 1 heterocycles. The number of nitro groups is 1. The Morgan fingerprint density at radius 2 is 2.22 bits per heavy atom. The summed E-state index contributed by atoms with van der Waals surface area (Å²) in [5.74, 6) is -0.364. The lowest BCUT2D eigenvalue weighted by atomic mass is 10.2. The molecule has 23 heavy (non-hydrogen) atoms. The number of nitrogens with one attached hydrogen (secondary N) is 1. The van der Waals surface area contributed by atoms with Crippen molar-refractivity contribution in [2.75, 3.05) is 11.2 Å². The molecule has 0 unspecified atom stereocenters. The Morgan fingerprint density at radius 1 is 1.48 bits per heavy atom. The molecule has 0 saturated carbocycles. The van der Waals surface area contributed by atoms with Crippen LogP contribution in [-0.2, 0) is 0 Å². The van der Waals surface area contributed by atoms with Crippen LogP contribution in [0.5, 0.6) is 5.75 Å². The van der Waals surface area contributed by atoms with Crippen molar-refractivity contribution < 1.29 is 22.8 Å². The van der Waals surface area contributed by atoms with Crippen molar-refractivity contribution in [3.8, 4) is 5.75 Å². The van der Waals surface area contributed by atoms with Gasteiger partial charge in [0.15, 0.2) is 0 Å². The van der Waals surface area contributed by atoms with Gasteiger partial charge in [0, 0.05) is 23.1 Å². The summed E-state index contributed by atoms with van der Waals surface area (Å²) in [4.78, 5) is 13.8. The number of benzene rings is 1. The fourth-order valence-corrected chi connectivity index (χ4v) is 2.01. The highest BCUT2D eigenvalue weighted by Gasteiger charge is 2.32. The Bertz CT molecular complexity index is 747. The summed E-state index contributed by atoms with van der Waals surface area (Å²) >= 11 is 1.13. The number of non-ortho nitro benzene ring substituents is 1. The number of nitrogens with two attached hydrogens (primary N) is 1. The van der Waals surface area contributed by atoms with Crippen LogP contribution in [0.2, 0.25) is 0 Å². The number of aromatic nitrogens is 1. The molecule has 3 N–H and O–H groups in total. The van der Waals surface area contributed by atoms with Crippen LogP contribution in [0.1, 0.15) is 5.56 Å². The lowest BCUT2D eigenvalue weighted by molar-refractivity contribution is -0.385. The molecule has 1 aromatic carbocycles. The van der Waals surface area contributed by atoms with Crippen LogP contribution in [0.25, 0.3) is 0 Å². The quantitative estimate of drug-likeness (QED) is 0.488. The van der Waals surface area contributed by atoms with Gasteiger partial charge in [0.05, 0.1) is 11.1 Å². The summed E-state index contributed by atoms with van der Waals surface area (Å²) in [6.07, 6.45) is -3.98. The second-order valence-electron chi connectivity index (χ2n) is 3.97. The van der Waals surface area contributed by atoms with E-state index in [2.05, 4.69) is 20.2 Å². The fourth-order valence-electron chi connectivity index (χ4n) is 1.46. The first-order chi connectivity index (χ1) is 10.7. The number of ether oxygens (including phenoxy) is 1. The summed E-state index contributed by atoms with van der Waals surface area (Å²) < 4.78 is 40.8. The van der Waals surface area contributed by atoms with Gasteiger partial charge in [-0.1, -0.05) is 0 Å². The SMILES string of the molecule is Nc1csc(NN=Cc2cc([N+](=O)[O-])ccc2OC(F)(F)F)n1. The van der Waals surface area contributed by atoms with E-state index < -0.39 is 22.7 Å². The molecule has 0 aliphatic rings. The average Bonchev–Trinajstić information content (AvgIpc) is 2.84. The number of hydrogen-bond acceptors (Lipinski definition) is 8. The van der Waals surface area contributed by atoms with E-state index >= 15 is 0 Å². The second-order valence-corrected chi connectivity index (χ2v) is 4.83. The van der Waals surface area contributed by atoms with Gasteiger partial charge in [-0.2, -0.15) is 5.10 Å². The number of rotatable bonds is 5. The van der Waals surface area contributed by atoms with E-state index in [4.69, 9.17) is 5.73 Å². The molecule has 0 aliphatic carbocycles. The molecule has 0 fully saturated rings. The molecular weight excluding hydrogens is 339 g/mol. The van der Waals surface area contributed by atoms with Crippen molar-refractivity contribution in [1.29, 1.82) is 0 Å². The highest BCUT2D eigenvalue weighted by molar-refractivity contribution is 7.14. The minimum Gasteiger partial charge on any atom is -0.405 e. The number of nitrogen functional groups attached to an aromatic ring is 1. The molecule has 2 rings (SSSR count). The number of nitro benzene ring substituents is 1. The third kappa shape index (κ3) is 4.81. The second kappa shape index (κ2) is 6.48. The van der Waals surface area contributed by atoms with Gasteiger partial charge in [-0.25, -0.2) is 4.98 Å². The van der Waals surface area contributed by atoms with Gasteiger partial charge in [-0.15, -0.1) is 24.5 Å². The summed E-state index contributed by atoms with van der Waals surface area (Å²) in [5, 5.41) is 16.2. The van der Waals surface area contributed by atoms with Gasteiger partial charge < -0.3 is 10.5 Å². The van der Waals surface area contributed by atoms with Crippen LogP contribution in [-0.4, -0.2) is 22.5 Å². The first-order valence-corrected chi connectivity index (χ1v) is 6.67. The molecule has 8 nitrogen and oxygen atoms in total. The Kier molecular flexibility index (Phi) is 4.64. The van der Waals surface area contributed by atoms with Gasteiger partial charge in [0.25, 0.3) is 5.69 Å². The molecule has 0 aliphatic heterocycles. The number of hydrogen-bond donors (Lipinski definition) is 2. The van der Waals surface area contributed by atoms with Crippen LogP contribution in [0.15, 0.2) is 28.7 Å². The Morgan fingerprint density at radius 3 is 2.78 bits per heavy atom. The zero-order valence-corrected chi connectivity index (χ0v) is 11.9. The van der Waals surface area contributed by atoms with E-state index in [9.17, 15) is 23.3 Å². The van der Waals surface area contributed by atoms with Gasteiger partial charge in [-0.05, 0) is 6.07 Å². The van der Waals surface area contributed by atoms with Crippen LogP contribution in [0, 0.1) is 10.1 Å². The molecule has 12 heteroatoms. The maximum absolute atomic E-state index is 12.3. The first-order valence-electron chi connectivity index (χ1n) is 5.79. The topological polar surface area (TPSA) is 116 Å². The monoisotopic (exact) mass is 347 g/mol. The summed E-state index contributed by atoms with van der Waals surface area (Å²) in [7, 11) is 0. The van der Waals surface area contributed by atoms with E-state index in [0.717, 1.165) is 35.8 Å². The minimum atomic E-state index is -4.93. The van der Waals surface area contributed by atoms with Crippen molar-refractivity contribution in [3.05, 3.63) is 39.3 Å². The molecule has 2 aromatic rings. The van der Waals surface area contributed by atoms with Crippen molar-refractivity contribution in [3.63, 3.8) is 0 Å². The number of halogens is 3. The molecule has 0 radical (unpaired) electrons. The molecule has 1 aromatic heterocycles. The zero-order valence-electron chi connectivity index (χ0n) is 11.1. The molecule has 0 amide bonds. The molecule has 0 bridgehead atoms. The van der Waals surface area contributed by atoms with E-state index in [-0.39, 0.29) is 11.4 Å². The highest BCUT2D eigenvalue weighted by atomic mass is 32.1. The third-order valence-electron chi connectivity index (χ3n) is 2.32. The number of anilines is 2. The number of thiazole rings is 1. The summed E-state index contributed by atoms with van der Waals surface area (Å²) in [6.45, 7) is 0. The molecule has 0 atom stereocenters. The van der Waals surface area contributed by atoms with Gasteiger partial charge in [-0.3, -0.25) is 15.5 Å². The first kappa shape index (κ1) is 16.5. The van der Waals surface area contributed by atoms with Gasteiger partial charge in [0.2, 0.25) is 5.13 Å². The molecule has 0 spiro atoms. The van der Waals surface area contributed by atoms with E-state index in [0.29, 0.717) is 5.13 Å². The van der Waals surface area contributed by atoms with Crippen molar-refractivity contribution in [2.24, 2.45) is 5.10 Å². The van der Waals surface area contributed by atoms with Crippen molar-refractivity contribution in [1.82, 2.24) is 4.98 Å². The number of nitrogens with zero attached hydrogens (tertiary/aromatic N) is 3. The standard InChI is InChI=1S/C11H8F3N5O3S/c12-11(13,14)22-8-2-1-7(19(20)21)3-6(8)4-16-18-10-17-9(15)5-23-10/h1-5H,15H2,(H,17,18). The Hall–Kier alpha value is -2.89. The third-order valence-corrected chi connectivity index (χ3v) is 3.08. The number of alkyl halides is 3. The lowest BCUT2D eigenvalue weighted by Crippen LogP contribution is -2.18. The van der Waals surface area contributed by atoms with Gasteiger partial charge in [0.1, 0.15) is 11.6 Å². The van der Waals surface area contributed by atoms with E-state index in [1.807, 2.05) is 0 Å². The zero-order chi connectivity index (χ0) is 17.0. The highest BCUT2D eigenvalue weighted by Crippen LogP contribution is 2.28. The molecular formula is C11H8F3N5O3S. The lowest BCUT2D eigenvalue weighted by Gasteiger charge is -2.10. The largest absolute Gasteiger partial charge is 0.573 e. The summed E-state index contributed by atoms with van der Waals surface area (Å²) in [6, 6.07) is 2.64. The average molecular weight is 347 g/mol. The van der Waals surface area contributed by atoms with Crippen molar-refractivity contribution in [2.45, 2.75) is 6.36 Å². The molecule has 0 saturated heterocycles. The van der Waals surface area contributed by atoms with E-state index in [1.165, 1.54) is 5.38 Å². The smallest absolute Gasteiger partial charge is 0.405 e. The molecule has 122 valence electrons. The van der Waals surface area contributed by atoms with E-state index in [1.54, 1.807) is 0 Å². The van der Waals surface area contributed by atoms with Crippen LogP contribution in [0.3, 0.4) is 0 Å². The van der Waals surface area contributed by atoms with Crippen LogP contribution < -0.4 is 15.9 Å². The maximum atomic E-state index is 12.3. The van der Waals surface area contributed by atoms with Crippen molar-refractivity contribution >= 4 is 34.2 Å². The minimum absolute atomic E-state index is 0.228. The van der Waals surface area contributed by atoms with Crippen LogP contribution in [0.4, 0.5) is 29.8 Å². The Labute approximate surface area is 130 Å². The predicted molar refractivity (Wildman–Crippen MR) is 77.5 cm³/mol. The normalized spacial score (nSPS) is 11.6. The fraction of sp³-hybridized carbons (Fsp3) is 0.0909. The Balaban J connectivity index is 2.25.